The van der Waals surface area contributed by atoms with E-state index in [0.717, 1.165) is 37.8 Å². The molecule has 196 valence electrons. The summed E-state index contributed by atoms with van der Waals surface area (Å²) < 4.78 is 55.1. The molecule has 12 heteroatoms. The monoisotopic (exact) mass is 526 g/mol. The highest BCUT2D eigenvalue weighted by Gasteiger charge is 2.35. The molecule has 2 amide bonds. The number of carbonyl (C=O) groups is 2. The molecule has 1 saturated carbocycles. The normalized spacial score (nSPS) is 14.1. The molecule has 1 fully saturated rings. The van der Waals surface area contributed by atoms with Crippen LogP contribution in [0.2, 0.25) is 0 Å². The van der Waals surface area contributed by atoms with Crippen molar-refractivity contribution in [3.63, 3.8) is 0 Å². The summed E-state index contributed by atoms with van der Waals surface area (Å²) >= 11 is 0. The zero-order chi connectivity index (χ0) is 27.0. The fraction of sp³-hybridized carbons (Fsp3) is 0.231. The predicted molar refractivity (Wildman–Crippen MR) is 133 cm³/mol. The zero-order valence-electron chi connectivity index (χ0n) is 19.8. The summed E-state index contributed by atoms with van der Waals surface area (Å²) in [5, 5.41) is 4.93. The fourth-order valence-corrected chi connectivity index (χ4v) is 4.77. The van der Waals surface area contributed by atoms with Crippen LogP contribution in [0.5, 0.6) is 0 Å². The average Bonchev–Trinajstić information content (AvgIpc) is 3.53. The Morgan fingerprint density at radius 3 is 2.50 bits per heavy atom. The number of anilines is 3. The van der Waals surface area contributed by atoms with Gasteiger partial charge in [-0.05, 0) is 37.1 Å². The van der Waals surface area contributed by atoms with Gasteiger partial charge in [0.05, 0.1) is 22.2 Å². The second-order valence-corrected chi connectivity index (χ2v) is 9.00. The van der Waals surface area contributed by atoms with Gasteiger partial charge in [-0.15, -0.1) is 0 Å². The van der Waals surface area contributed by atoms with Crippen LogP contribution < -0.4 is 16.4 Å². The summed E-state index contributed by atoms with van der Waals surface area (Å²) in [4.78, 5) is 34.4. The molecular weight excluding hydrogens is 504 g/mol. The van der Waals surface area contributed by atoms with Gasteiger partial charge < -0.3 is 20.9 Å². The highest BCUT2D eigenvalue weighted by molar-refractivity contribution is 6.18. The summed E-state index contributed by atoms with van der Waals surface area (Å²) in [6.45, 7) is 0. The maximum atomic E-state index is 14.3. The Kier molecular flexibility index (Phi) is 6.47. The van der Waals surface area contributed by atoms with E-state index in [1.807, 2.05) is 4.57 Å². The first-order chi connectivity index (χ1) is 18.1. The van der Waals surface area contributed by atoms with E-state index in [1.165, 1.54) is 24.5 Å². The lowest BCUT2D eigenvalue weighted by molar-refractivity contribution is -0.139. The molecule has 2 aromatic heterocycles. The van der Waals surface area contributed by atoms with Crippen molar-refractivity contribution in [3.05, 3.63) is 77.5 Å². The average molecular weight is 526 g/mol. The Hall–Kier alpha value is -4.48. The van der Waals surface area contributed by atoms with Crippen molar-refractivity contribution >= 4 is 40.0 Å². The number of nitrogens with zero attached hydrogens (tertiary/aromatic N) is 3. The van der Waals surface area contributed by atoms with Crippen molar-refractivity contribution in [1.29, 1.82) is 0 Å². The van der Waals surface area contributed by atoms with E-state index in [4.69, 9.17) is 5.73 Å². The number of hydrogen-bond acceptors (Lipinski definition) is 5. The quantitative estimate of drug-likeness (QED) is 0.213. The minimum absolute atomic E-state index is 0.171. The number of nitrogen functional groups attached to an aromatic ring is 1. The molecule has 0 atom stereocenters. The van der Waals surface area contributed by atoms with Gasteiger partial charge in [0.2, 0.25) is 0 Å². The summed E-state index contributed by atoms with van der Waals surface area (Å²) in [5.74, 6) is -1.80. The molecule has 38 heavy (non-hydrogen) atoms. The SMILES string of the molecule is Nc1ncnc2c1c(C(=O)c1cccc(NC(=O)Nc3cccc(C(F)(F)F)c3F)c1)cn2C1CCCC1. The Balaban J connectivity index is 1.40. The van der Waals surface area contributed by atoms with Gasteiger partial charge in [0, 0.05) is 23.5 Å². The number of halogens is 4. The van der Waals surface area contributed by atoms with Gasteiger partial charge in [-0.1, -0.05) is 31.0 Å². The fourth-order valence-electron chi connectivity index (χ4n) is 4.77. The minimum atomic E-state index is -4.91. The molecule has 0 bridgehead atoms. The third-order valence-corrected chi connectivity index (χ3v) is 6.54. The van der Waals surface area contributed by atoms with E-state index in [1.54, 1.807) is 12.3 Å². The van der Waals surface area contributed by atoms with E-state index in [0.29, 0.717) is 22.7 Å². The maximum Gasteiger partial charge on any atom is 0.419 e. The third-order valence-electron chi connectivity index (χ3n) is 6.54. The van der Waals surface area contributed by atoms with E-state index >= 15 is 0 Å². The maximum absolute atomic E-state index is 14.3. The number of aromatic nitrogens is 3. The van der Waals surface area contributed by atoms with Crippen LogP contribution >= 0.6 is 0 Å². The summed E-state index contributed by atoms with van der Waals surface area (Å²) in [5.41, 5.74) is 5.27. The lowest BCUT2D eigenvalue weighted by atomic mass is 10.0. The van der Waals surface area contributed by atoms with Crippen molar-refractivity contribution in [3.8, 4) is 0 Å². The number of carbonyl (C=O) groups excluding carboxylic acids is 2. The van der Waals surface area contributed by atoms with Crippen molar-refractivity contribution in [2.24, 2.45) is 0 Å². The summed E-state index contributed by atoms with van der Waals surface area (Å²) in [6.07, 6.45) is 2.25. The summed E-state index contributed by atoms with van der Waals surface area (Å²) in [6, 6.07) is 7.76. The summed E-state index contributed by atoms with van der Waals surface area (Å²) in [7, 11) is 0. The molecule has 0 aliphatic heterocycles. The number of amides is 2. The lowest BCUT2D eigenvalue weighted by Gasteiger charge is -2.13. The van der Waals surface area contributed by atoms with Crippen LogP contribution in [-0.4, -0.2) is 26.3 Å². The van der Waals surface area contributed by atoms with Crippen molar-refractivity contribution in [2.75, 3.05) is 16.4 Å². The number of hydrogen-bond donors (Lipinski definition) is 3. The van der Waals surface area contributed by atoms with Crippen molar-refractivity contribution in [1.82, 2.24) is 14.5 Å². The first-order valence-corrected chi connectivity index (χ1v) is 11.8. The number of rotatable bonds is 5. The zero-order valence-corrected chi connectivity index (χ0v) is 19.8. The smallest absolute Gasteiger partial charge is 0.383 e. The molecule has 5 rings (SSSR count). The van der Waals surface area contributed by atoms with Gasteiger partial charge in [-0.25, -0.2) is 19.2 Å². The van der Waals surface area contributed by atoms with Gasteiger partial charge in [-0.3, -0.25) is 4.79 Å². The number of fused-ring (bicyclic) bond motifs is 1. The molecular formula is C26H22F4N6O2. The van der Waals surface area contributed by atoms with Gasteiger partial charge in [-0.2, -0.15) is 13.2 Å². The van der Waals surface area contributed by atoms with Crippen LogP contribution in [-0.2, 0) is 6.18 Å². The third kappa shape index (κ3) is 4.76. The Morgan fingerprint density at radius 1 is 1.03 bits per heavy atom. The number of nitrogens with two attached hydrogens (primary N) is 1. The number of nitrogens with one attached hydrogen (secondary N) is 2. The van der Waals surface area contributed by atoms with Gasteiger partial charge in [0.15, 0.2) is 11.6 Å². The van der Waals surface area contributed by atoms with E-state index in [-0.39, 0.29) is 28.9 Å². The largest absolute Gasteiger partial charge is 0.419 e. The second kappa shape index (κ2) is 9.77. The molecule has 1 aliphatic carbocycles. The van der Waals surface area contributed by atoms with Crippen LogP contribution in [0.25, 0.3) is 11.0 Å². The molecule has 2 aromatic carbocycles. The number of benzene rings is 2. The standard InChI is InChI=1S/C26H22F4N6O2/c27-21-18(26(28,29)30)9-4-10-19(21)35-25(38)34-15-6-3-5-14(11-15)22(37)17-12-36(16-7-1-2-8-16)24-20(17)23(31)32-13-33-24/h3-6,9-13,16H,1-2,7-8H2,(H2,31,32,33)(H2,34,35,38). The Labute approximate surface area is 213 Å². The molecule has 8 nitrogen and oxygen atoms in total. The van der Waals surface area contributed by atoms with Gasteiger partial charge in [0.1, 0.15) is 17.8 Å². The minimum Gasteiger partial charge on any atom is -0.383 e. The molecule has 4 aromatic rings. The van der Waals surface area contributed by atoms with E-state index in [2.05, 4.69) is 20.6 Å². The number of urea groups is 1. The van der Waals surface area contributed by atoms with Crippen LogP contribution in [0.3, 0.4) is 0 Å². The van der Waals surface area contributed by atoms with Crippen LogP contribution in [0, 0.1) is 5.82 Å². The van der Waals surface area contributed by atoms with E-state index in [9.17, 15) is 27.2 Å². The van der Waals surface area contributed by atoms with Crippen molar-refractivity contribution < 1.29 is 27.2 Å². The molecule has 4 N–H and O–H groups in total. The number of ketones is 1. The van der Waals surface area contributed by atoms with Crippen LogP contribution in [0.15, 0.2) is 55.0 Å². The van der Waals surface area contributed by atoms with E-state index < -0.39 is 29.3 Å². The van der Waals surface area contributed by atoms with Crippen LogP contribution in [0.1, 0.15) is 53.2 Å². The highest BCUT2D eigenvalue weighted by atomic mass is 19.4. The second-order valence-electron chi connectivity index (χ2n) is 9.00. The molecule has 1 aliphatic rings. The topological polar surface area (TPSA) is 115 Å². The molecule has 2 heterocycles. The van der Waals surface area contributed by atoms with Gasteiger partial charge >= 0.3 is 12.2 Å². The molecule has 0 spiro atoms. The lowest BCUT2D eigenvalue weighted by Crippen LogP contribution is -2.21. The van der Waals surface area contributed by atoms with Gasteiger partial charge in [0.25, 0.3) is 0 Å². The molecule has 0 unspecified atom stereocenters. The van der Waals surface area contributed by atoms with Crippen LogP contribution in [0.4, 0.5) is 39.5 Å². The van der Waals surface area contributed by atoms with Crippen molar-refractivity contribution in [2.45, 2.75) is 37.9 Å². The first-order valence-electron chi connectivity index (χ1n) is 11.8. The Bertz CT molecular complexity index is 1540. The predicted octanol–water partition coefficient (Wildman–Crippen LogP) is 6.16. The molecule has 0 saturated heterocycles. The molecule has 0 radical (unpaired) electrons. The highest BCUT2D eigenvalue weighted by Crippen LogP contribution is 2.36. The number of alkyl halides is 3. The Morgan fingerprint density at radius 2 is 1.76 bits per heavy atom. The first kappa shape index (κ1) is 25.2.